The van der Waals surface area contributed by atoms with Crippen molar-refractivity contribution in [1.29, 1.82) is 0 Å². The Bertz CT molecular complexity index is 371. The van der Waals surface area contributed by atoms with E-state index in [1.54, 1.807) is 0 Å². The third kappa shape index (κ3) is 9.90. The quantitative estimate of drug-likeness (QED) is 0.445. The van der Waals surface area contributed by atoms with E-state index in [4.69, 9.17) is 0 Å². The maximum Gasteiger partial charge on any atom is 0.0146 e. The molecule has 0 N–H and O–H groups in total. The molecule has 0 heteroatoms. The molecule has 0 unspecified atom stereocenters. The molecule has 0 radical (unpaired) electrons. The minimum atomic E-state index is -0.0675. The van der Waals surface area contributed by atoms with E-state index in [-0.39, 0.29) is 5.41 Å². The van der Waals surface area contributed by atoms with Gasteiger partial charge in [0.05, 0.1) is 0 Å². The van der Waals surface area contributed by atoms with Crippen molar-refractivity contribution in [3.63, 3.8) is 0 Å². The Morgan fingerprint density at radius 2 is 1.33 bits per heavy atom. The van der Waals surface area contributed by atoms with Crippen LogP contribution in [0.1, 0.15) is 55.4 Å². The molecule has 0 rings (SSSR count). The van der Waals surface area contributed by atoms with Gasteiger partial charge in [0, 0.05) is 5.41 Å². The van der Waals surface area contributed by atoms with Gasteiger partial charge in [-0.05, 0) is 25.0 Å². The number of allylic oxidation sites excluding steroid dienone is 10. The first kappa shape index (κ1) is 24.5. The third-order valence-corrected chi connectivity index (χ3v) is 2.78. The molecule has 0 heterocycles. The summed E-state index contributed by atoms with van der Waals surface area (Å²) in [6.45, 7) is 24.1. The third-order valence-electron chi connectivity index (χ3n) is 2.78. The fraction of sp³-hybridized carbons (Fsp3) is 0.429. The first-order valence-electron chi connectivity index (χ1n) is 7.96. The second-order valence-electron chi connectivity index (χ2n) is 4.33. The highest BCUT2D eigenvalue weighted by atomic mass is 14.3. The summed E-state index contributed by atoms with van der Waals surface area (Å²) in [6.07, 6.45) is 16.1. The normalized spacial score (nSPS) is 12.4. The summed E-state index contributed by atoms with van der Waals surface area (Å²) in [4.78, 5) is 0. The molecule has 0 aromatic rings. The van der Waals surface area contributed by atoms with Crippen LogP contribution in [0.4, 0.5) is 0 Å². The van der Waals surface area contributed by atoms with Crippen LogP contribution in [0.15, 0.2) is 72.9 Å². The van der Waals surface area contributed by atoms with Gasteiger partial charge in [0.1, 0.15) is 0 Å². The summed E-state index contributed by atoms with van der Waals surface area (Å²) in [5, 5.41) is 0. The van der Waals surface area contributed by atoms with Gasteiger partial charge in [-0.15, -0.1) is 0 Å². The second kappa shape index (κ2) is 16.5. The van der Waals surface area contributed by atoms with Crippen molar-refractivity contribution < 1.29 is 0 Å². The Morgan fingerprint density at radius 1 is 0.810 bits per heavy atom. The first-order valence-corrected chi connectivity index (χ1v) is 7.96. The van der Waals surface area contributed by atoms with Crippen LogP contribution in [-0.2, 0) is 0 Å². The van der Waals surface area contributed by atoms with Crippen molar-refractivity contribution in [2.75, 3.05) is 0 Å². The van der Waals surface area contributed by atoms with Crippen LogP contribution in [0.3, 0.4) is 0 Å². The van der Waals surface area contributed by atoms with Crippen LogP contribution in [0.25, 0.3) is 0 Å². The van der Waals surface area contributed by atoms with Crippen LogP contribution < -0.4 is 0 Å². The van der Waals surface area contributed by atoms with E-state index in [9.17, 15) is 0 Å². The summed E-state index contributed by atoms with van der Waals surface area (Å²) < 4.78 is 0. The Balaban J connectivity index is -0.000000739. The lowest BCUT2D eigenvalue weighted by atomic mass is 9.76. The van der Waals surface area contributed by atoms with E-state index >= 15 is 0 Å². The number of hydrogen-bond donors (Lipinski definition) is 0. The first-order chi connectivity index (χ1) is 10.0. The van der Waals surface area contributed by atoms with Gasteiger partial charge in [0.2, 0.25) is 0 Å². The van der Waals surface area contributed by atoms with E-state index in [1.807, 2.05) is 78.0 Å². The van der Waals surface area contributed by atoms with Crippen molar-refractivity contribution >= 4 is 0 Å². The Morgan fingerprint density at radius 3 is 1.67 bits per heavy atom. The molecule has 0 aliphatic rings. The maximum absolute atomic E-state index is 3.90. The van der Waals surface area contributed by atoms with Crippen LogP contribution in [0, 0.1) is 5.41 Å². The molecule has 21 heavy (non-hydrogen) atoms. The highest BCUT2D eigenvalue weighted by Gasteiger charge is 2.23. The van der Waals surface area contributed by atoms with E-state index in [2.05, 4.69) is 39.2 Å². The second-order valence-corrected chi connectivity index (χ2v) is 4.33. The fourth-order valence-electron chi connectivity index (χ4n) is 1.68. The van der Waals surface area contributed by atoms with E-state index in [0.29, 0.717) is 0 Å². The largest absolute Gasteiger partial charge is 0.0991 e. The molecule has 0 aromatic heterocycles. The molecular weight excluding hydrogens is 252 g/mol. The average molecular weight is 289 g/mol. The van der Waals surface area contributed by atoms with Gasteiger partial charge in [-0.2, -0.15) is 0 Å². The molecule has 0 saturated carbocycles. The smallest absolute Gasteiger partial charge is 0.0146 e. The van der Waals surface area contributed by atoms with Gasteiger partial charge in [0.25, 0.3) is 0 Å². The number of rotatable bonds is 6. The van der Waals surface area contributed by atoms with Crippen molar-refractivity contribution in [2.24, 2.45) is 5.41 Å². The van der Waals surface area contributed by atoms with Gasteiger partial charge >= 0.3 is 0 Å². The topological polar surface area (TPSA) is 0 Å². The molecule has 0 nitrogen and oxygen atoms in total. The zero-order valence-electron chi connectivity index (χ0n) is 15.5. The summed E-state index contributed by atoms with van der Waals surface area (Å²) >= 11 is 0. The van der Waals surface area contributed by atoms with Gasteiger partial charge in [-0.1, -0.05) is 103 Å². The van der Waals surface area contributed by atoms with Crippen molar-refractivity contribution in [3.05, 3.63) is 72.9 Å². The molecule has 0 spiro atoms. The standard InChI is InChI=1S/C17H24.2C2H6/c1-7-11-14-15(10-4)17(5,6)16(12-8-2)13-9-3;2*1-2/h7-14H,2,4H2,1,3,5-6H3;2*1-2H3/b11-7-,13-9-,15-14+,16-12+;;. The van der Waals surface area contributed by atoms with Gasteiger partial charge < -0.3 is 0 Å². The highest BCUT2D eigenvalue weighted by molar-refractivity contribution is 5.42. The monoisotopic (exact) mass is 288 g/mol. The number of hydrogen-bond acceptors (Lipinski definition) is 0. The van der Waals surface area contributed by atoms with Gasteiger partial charge in [-0.25, -0.2) is 0 Å². The van der Waals surface area contributed by atoms with Crippen molar-refractivity contribution in [2.45, 2.75) is 55.4 Å². The van der Waals surface area contributed by atoms with Crippen LogP contribution in [0.5, 0.6) is 0 Å². The summed E-state index contributed by atoms with van der Waals surface area (Å²) in [5.74, 6) is 0. The van der Waals surface area contributed by atoms with Gasteiger partial charge in [0.15, 0.2) is 0 Å². The molecule has 120 valence electrons. The van der Waals surface area contributed by atoms with Crippen molar-refractivity contribution in [3.8, 4) is 0 Å². The molecule has 0 atom stereocenters. The Kier molecular flexibility index (Phi) is 19.2. The average Bonchev–Trinajstić information content (AvgIpc) is 2.51. The zero-order valence-corrected chi connectivity index (χ0v) is 15.5. The molecule has 0 amide bonds. The maximum atomic E-state index is 3.90. The molecule has 0 saturated heterocycles. The minimum absolute atomic E-state index is 0.0675. The Hall–Kier alpha value is -1.56. The molecule has 0 aliphatic carbocycles. The molecule has 0 aliphatic heterocycles. The summed E-state index contributed by atoms with van der Waals surface area (Å²) in [6, 6.07) is 0. The lowest BCUT2D eigenvalue weighted by molar-refractivity contribution is 0.566. The molecule has 0 fully saturated rings. The van der Waals surface area contributed by atoms with E-state index in [1.165, 1.54) is 11.1 Å². The van der Waals surface area contributed by atoms with Crippen molar-refractivity contribution in [1.82, 2.24) is 0 Å². The fourth-order valence-corrected chi connectivity index (χ4v) is 1.68. The SMILES string of the molecule is C=C/C=C(\C=C/C)C(C)(C)/C(C=C)=C/C=C\C.CC.CC. The highest BCUT2D eigenvalue weighted by Crippen LogP contribution is 2.36. The summed E-state index contributed by atoms with van der Waals surface area (Å²) in [5.41, 5.74) is 2.36. The molecule has 0 bridgehead atoms. The lowest BCUT2D eigenvalue weighted by Crippen LogP contribution is -2.15. The van der Waals surface area contributed by atoms with Gasteiger partial charge in [-0.3, -0.25) is 0 Å². The lowest BCUT2D eigenvalue weighted by Gasteiger charge is -2.28. The molecular formula is C21H36. The van der Waals surface area contributed by atoms with E-state index in [0.717, 1.165) is 0 Å². The van der Waals surface area contributed by atoms with E-state index < -0.39 is 0 Å². The zero-order chi connectivity index (χ0) is 17.3. The minimum Gasteiger partial charge on any atom is -0.0991 e. The predicted molar refractivity (Wildman–Crippen MR) is 103 cm³/mol. The van der Waals surface area contributed by atoms with Crippen LogP contribution >= 0.6 is 0 Å². The Labute approximate surface area is 134 Å². The summed E-state index contributed by atoms with van der Waals surface area (Å²) in [7, 11) is 0. The van der Waals surface area contributed by atoms with Crippen LogP contribution in [-0.4, -0.2) is 0 Å². The van der Waals surface area contributed by atoms with Crippen LogP contribution in [0.2, 0.25) is 0 Å². The predicted octanol–water partition coefficient (Wildman–Crippen LogP) is 7.44. The molecule has 0 aromatic carbocycles.